The minimum atomic E-state index is 0.597. The molecule has 3 nitrogen and oxygen atoms in total. The second-order valence-electron chi connectivity index (χ2n) is 5.07. The Kier molecular flexibility index (Phi) is 4.00. The van der Waals surface area contributed by atoms with Crippen molar-refractivity contribution in [2.45, 2.75) is 39.7 Å². The largest absolute Gasteiger partial charge is 0.356 e. The molecule has 0 unspecified atom stereocenters. The molecule has 0 atom stereocenters. The Morgan fingerprint density at radius 1 is 1.41 bits per heavy atom. The lowest BCUT2D eigenvalue weighted by molar-refractivity contribution is 0.697. The molecule has 1 saturated carbocycles. The summed E-state index contributed by atoms with van der Waals surface area (Å²) in [6, 6.07) is 4.22. The summed E-state index contributed by atoms with van der Waals surface area (Å²) in [6.07, 6.45) is 3.94. The molecular formula is C14H23N3. The molecule has 0 aromatic carbocycles. The number of aromatic nitrogens is 1. The predicted molar refractivity (Wildman–Crippen MR) is 72.1 cm³/mol. The lowest BCUT2D eigenvalue weighted by atomic mass is 10.2. The fourth-order valence-electron chi connectivity index (χ4n) is 2.18. The number of hydrogen-bond donors (Lipinski definition) is 1. The highest BCUT2D eigenvalue weighted by Gasteiger charge is 2.24. The fourth-order valence-corrected chi connectivity index (χ4v) is 2.18. The van der Waals surface area contributed by atoms with Crippen LogP contribution in [0.5, 0.6) is 0 Å². The van der Waals surface area contributed by atoms with E-state index in [1.165, 1.54) is 24.8 Å². The Morgan fingerprint density at radius 2 is 2.18 bits per heavy atom. The number of anilines is 1. The zero-order valence-corrected chi connectivity index (χ0v) is 10.9. The van der Waals surface area contributed by atoms with Gasteiger partial charge in [-0.15, -0.1) is 0 Å². The maximum atomic E-state index is 5.73. The van der Waals surface area contributed by atoms with Crippen LogP contribution in [0.3, 0.4) is 0 Å². The third-order valence-electron chi connectivity index (χ3n) is 3.23. The summed E-state index contributed by atoms with van der Waals surface area (Å²) in [4.78, 5) is 7.07. The zero-order valence-electron chi connectivity index (χ0n) is 10.9. The second-order valence-corrected chi connectivity index (χ2v) is 5.07. The quantitative estimate of drug-likeness (QED) is 0.820. The summed E-state index contributed by atoms with van der Waals surface area (Å²) in [6.45, 7) is 7.12. The molecule has 1 fully saturated rings. The molecule has 1 aliphatic rings. The molecule has 1 heterocycles. The van der Waals surface area contributed by atoms with Gasteiger partial charge in [0.2, 0.25) is 0 Å². The first kappa shape index (κ1) is 12.4. The van der Waals surface area contributed by atoms with E-state index in [0.717, 1.165) is 30.5 Å². The summed E-state index contributed by atoms with van der Waals surface area (Å²) >= 11 is 0. The first-order valence-corrected chi connectivity index (χ1v) is 6.65. The topological polar surface area (TPSA) is 42.1 Å². The number of hydrogen-bond acceptors (Lipinski definition) is 3. The molecule has 1 aliphatic carbocycles. The highest BCUT2D eigenvalue weighted by atomic mass is 15.2. The molecule has 17 heavy (non-hydrogen) atoms. The van der Waals surface area contributed by atoms with Gasteiger partial charge < -0.3 is 10.6 Å². The van der Waals surface area contributed by atoms with Gasteiger partial charge >= 0.3 is 0 Å². The third kappa shape index (κ3) is 3.43. The van der Waals surface area contributed by atoms with E-state index >= 15 is 0 Å². The van der Waals surface area contributed by atoms with Crippen molar-refractivity contribution in [3.8, 4) is 0 Å². The summed E-state index contributed by atoms with van der Waals surface area (Å²) in [5.74, 6) is 2.00. The van der Waals surface area contributed by atoms with Gasteiger partial charge in [-0.05, 0) is 49.8 Å². The van der Waals surface area contributed by atoms with Crippen LogP contribution in [-0.4, -0.2) is 18.1 Å². The molecule has 0 amide bonds. The predicted octanol–water partition coefficient (Wildman–Crippen LogP) is 2.48. The SMILES string of the molecule is CCCN(CC1CC1)c1cc(CN)cc(C)n1. The van der Waals surface area contributed by atoms with Crippen molar-refractivity contribution in [1.29, 1.82) is 0 Å². The van der Waals surface area contributed by atoms with E-state index in [4.69, 9.17) is 5.73 Å². The van der Waals surface area contributed by atoms with Crippen LogP contribution in [0.1, 0.15) is 37.4 Å². The van der Waals surface area contributed by atoms with Crippen LogP contribution in [0.2, 0.25) is 0 Å². The van der Waals surface area contributed by atoms with E-state index in [-0.39, 0.29) is 0 Å². The smallest absolute Gasteiger partial charge is 0.129 e. The number of nitrogens with two attached hydrogens (primary N) is 1. The molecule has 0 radical (unpaired) electrons. The molecule has 1 aromatic heterocycles. The maximum Gasteiger partial charge on any atom is 0.129 e. The first-order valence-electron chi connectivity index (χ1n) is 6.65. The van der Waals surface area contributed by atoms with Crippen molar-refractivity contribution in [3.63, 3.8) is 0 Å². The van der Waals surface area contributed by atoms with Crippen LogP contribution in [0.25, 0.3) is 0 Å². The van der Waals surface area contributed by atoms with Gasteiger partial charge in [0.15, 0.2) is 0 Å². The van der Waals surface area contributed by atoms with Crippen molar-refractivity contribution < 1.29 is 0 Å². The second kappa shape index (κ2) is 5.50. The van der Waals surface area contributed by atoms with E-state index in [1.807, 2.05) is 6.92 Å². The molecule has 0 bridgehead atoms. The molecule has 0 aliphatic heterocycles. The number of rotatable bonds is 6. The van der Waals surface area contributed by atoms with Gasteiger partial charge in [-0.1, -0.05) is 6.92 Å². The van der Waals surface area contributed by atoms with Crippen molar-refractivity contribution >= 4 is 5.82 Å². The first-order chi connectivity index (χ1) is 8.22. The fraction of sp³-hybridized carbons (Fsp3) is 0.643. The lowest BCUT2D eigenvalue weighted by Gasteiger charge is -2.24. The lowest BCUT2D eigenvalue weighted by Crippen LogP contribution is -2.27. The standard InChI is InChI=1S/C14H23N3/c1-3-6-17(10-12-4-5-12)14-8-13(9-15)7-11(2)16-14/h7-8,12H,3-6,9-10,15H2,1-2H3. The minimum Gasteiger partial charge on any atom is -0.356 e. The summed E-state index contributed by atoms with van der Waals surface area (Å²) in [5.41, 5.74) is 7.98. The van der Waals surface area contributed by atoms with Gasteiger partial charge in [-0.2, -0.15) is 0 Å². The Balaban J connectivity index is 2.17. The number of pyridine rings is 1. The number of aryl methyl sites for hydroxylation is 1. The molecule has 2 rings (SSSR count). The van der Waals surface area contributed by atoms with Crippen molar-refractivity contribution in [3.05, 3.63) is 23.4 Å². The van der Waals surface area contributed by atoms with Crippen LogP contribution >= 0.6 is 0 Å². The van der Waals surface area contributed by atoms with Crippen molar-refractivity contribution in [2.75, 3.05) is 18.0 Å². The Bertz CT molecular complexity index is 372. The summed E-state index contributed by atoms with van der Waals surface area (Å²) in [5, 5.41) is 0. The van der Waals surface area contributed by atoms with Gasteiger partial charge in [0.1, 0.15) is 5.82 Å². The molecule has 1 aromatic rings. The Morgan fingerprint density at radius 3 is 2.76 bits per heavy atom. The van der Waals surface area contributed by atoms with Crippen molar-refractivity contribution in [2.24, 2.45) is 11.7 Å². The van der Waals surface area contributed by atoms with E-state index in [2.05, 4.69) is 28.9 Å². The average Bonchev–Trinajstić information content (AvgIpc) is 3.11. The van der Waals surface area contributed by atoms with Crippen LogP contribution in [-0.2, 0) is 6.54 Å². The van der Waals surface area contributed by atoms with Crippen molar-refractivity contribution in [1.82, 2.24) is 4.98 Å². The number of nitrogens with zero attached hydrogens (tertiary/aromatic N) is 2. The molecule has 0 saturated heterocycles. The molecule has 3 heteroatoms. The maximum absolute atomic E-state index is 5.73. The zero-order chi connectivity index (χ0) is 12.3. The Hall–Kier alpha value is -1.09. The Labute approximate surface area is 104 Å². The van der Waals surface area contributed by atoms with E-state index in [0.29, 0.717) is 6.54 Å². The molecular weight excluding hydrogens is 210 g/mol. The van der Waals surface area contributed by atoms with Gasteiger partial charge in [-0.25, -0.2) is 4.98 Å². The van der Waals surface area contributed by atoms with Gasteiger partial charge in [0.25, 0.3) is 0 Å². The highest BCUT2D eigenvalue weighted by Crippen LogP contribution is 2.31. The highest BCUT2D eigenvalue weighted by molar-refractivity contribution is 5.43. The third-order valence-corrected chi connectivity index (χ3v) is 3.23. The molecule has 0 spiro atoms. The normalized spacial score (nSPS) is 15.0. The van der Waals surface area contributed by atoms with Gasteiger partial charge in [0, 0.05) is 25.3 Å². The summed E-state index contributed by atoms with van der Waals surface area (Å²) < 4.78 is 0. The van der Waals surface area contributed by atoms with Crippen LogP contribution in [0.15, 0.2) is 12.1 Å². The van der Waals surface area contributed by atoms with E-state index < -0.39 is 0 Å². The molecule has 2 N–H and O–H groups in total. The van der Waals surface area contributed by atoms with Crippen LogP contribution in [0, 0.1) is 12.8 Å². The average molecular weight is 233 g/mol. The summed E-state index contributed by atoms with van der Waals surface area (Å²) in [7, 11) is 0. The van der Waals surface area contributed by atoms with Gasteiger partial charge in [0.05, 0.1) is 0 Å². The molecule has 94 valence electrons. The van der Waals surface area contributed by atoms with E-state index in [1.54, 1.807) is 0 Å². The monoisotopic (exact) mass is 233 g/mol. The van der Waals surface area contributed by atoms with E-state index in [9.17, 15) is 0 Å². The van der Waals surface area contributed by atoms with Gasteiger partial charge in [-0.3, -0.25) is 0 Å². The van der Waals surface area contributed by atoms with Crippen LogP contribution in [0.4, 0.5) is 5.82 Å². The van der Waals surface area contributed by atoms with Crippen LogP contribution < -0.4 is 10.6 Å². The minimum absolute atomic E-state index is 0.597.